The molecule has 0 bridgehead atoms. The molecule has 0 aromatic heterocycles. The monoisotopic (exact) mass is 424 g/mol. The third-order valence-electron chi connectivity index (χ3n) is 4.18. The number of halogens is 2. The number of anilines is 2. The van der Waals surface area contributed by atoms with Gasteiger partial charge in [-0.2, -0.15) is 0 Å². The Bertz CT molecular complexity index is 951. The number of aliphatic carboxylic acids is 1. The van der Waals surface area contributed by atoms with Gasteiger partial charge in [0.15, 0.2) is 0 Å². The fraction of sp³-hybridized carbons (Fsp3) is 0.176. The number of carbonyl (C=O) groups is 2. The summed E-state index contributed by atoms with van der Waals surface area (Å²) in [6.45, 7) is 0. The smallest absolute Gasteiger partial charge is 0.326 e. The Balaban J connectivity index is 1.79. The van der Waals surface area contributed by atoms with Crippen LogP contribution in [-0.4, -0.2) is 28.1 Å². The molecular formula is C17H14Cl2N4O5. The number of benzene rings is 2. The second-order valence-electron chi connectivity index (χ2n) is 6.07. The van der Waals surface area contributed by atoms with Crippen molar-refractivity contribution in [2.24, 2.45) is 0 Å². The number of nitrogens with one attached hydrogen (secondary N) is 3. The number of carboxylic acid groups (broad SMARTS) is 1. The van der Waals surface area contributed by atoms with Crippen molar-refractivity contribution < 1.29 is 19.6 Å². The number of hydrogen-bond donors (Lipinski definition) is 4. The van der Waals surface area contributed by atoms with E-state index < -0.39 is 29.0 Å². The van der Waals surface area contributed by atoms with Crippen LogP contribution in [0.15, 0.2) is 36.4 Å². The van der Waals surface area contributed by atoms with Crippen LogP contribution < -0.4 is 16.0 Å². The lowest BCUT2D eigenvalue weighted by molar-refractivity contribution is -0.384. The predicted octanol–water partition coefficient (Wildman–Crippen LogP) is 4.03. The molecule has 0 fully saturated rings. The molecule has 2 amide bonds. The summed E-state index contributed by atoms with van der Waals surface area (Å²) in [4.78, 5) is 33.9. The van der Waals surface area contributed by atoms with Gasteiger partial charge >= 0.3 is 12.0 Å². The molecule has 146 valence electrons. The van der Waals surface area contributed by atoms with Gasteiger partial charge in [0, 0.05) is 45.5 Å². The lowest BCUT2D eigenvalue weighted by Gasteiger charge is -2.32. The lowest BCUT2D eigenvalue weighted by atomic mass is 9.93. The van der Waals surface area contributed by atoms with Crippen molar-refractivity contribution in [3.63, 3.8) is 0 Å². The zero-order valence-electron chi connectivity index (χ0n) is 14.1. The van der Waals surface area contributed by atoms with Crippen LogP contribution in [0.2, 0.25) is 10.0 Å². The molecule has 9 nitrogen and oxygen atoms in total. The Morgan fingerprint density at radius 2 is 1.89 bits per heavy atom. The molecule has 3 rings (SSSR count). The van der Waals surface area contributed by atoms with Crippen LogP contribution in [0.1, 0.15) is 18.0 Å². The Kier molecular flexibility index (Phi) is 5.57. The van der Waals surface area contributed by atoms with E-state index in [2.05, 4.69) is 16.0 Å². The van der Waals surface area contributed by atoms with E-state index in [-0.39, 0.29) is 12.1 Å². The van der Waals surface area contributed by atoms with E-state index in [9.17, 15) is 24.8 Å². The Hall–Kier alpha value is -3.04. The molecule has 4 N–H and O–H groups in total. The summed E-state index contributed by atoms with van der Waals surface area (Å²) in [7, 11) is 0. The van der Waals surface area contributed by atoms with Crippen LogP contribution >= 0.6 is 23.2 Å². The van der Waals surface area contributed by atoms with Gasteiger partial charge in [-0.1, -0.05) is 23.2 Å². The first-order valence-electron chi connectivity index (χ1n) is 8.05. The summed E-state index contributed by atoms with van der Waals surface area (Å²) in [5.41, 5.74) is 1.19. The molecule has 28 heavy (non-hydrogen) atoms. The van der Waals surface area contributed by atoms with E-state index in [0.29, 0.717) is 27.0 Å². The first kappa shape index (κ1) is 19.7. The summed E-state index contributed by atoms with van der Waals surface area (Å²) in [6, 6.07) is 6.12. The topological polar surface area (TPSA) is 134 Å². The highest BCUT2D eigenvalue weighted by atomic mass is 35.5. The van der Waals surface area contributed by atoms with Gasteiger partial charge in [0.25, 0.3) is 5.69 Å². The van der Waals surface area contributed by atoms with Gasteiger partial charge in [0.2, 0.25) is 0 Å². The normalized spacial score (nSPS) is 17.8. The first-order valence-corrected chi connectivity index (χ1v) is 8.80. The summed E-state index contributed by atoms with van der Waals surface area (Å²) < 4.78 is 0. The molecule has 11 heteroatoms. The second-order valence-corrected chi connectivity index (χ2v) is 6.92. The fourth-order valence-corrected chi connectivity index (χ4v) is 3.57. The number of urea groups is 1. The van der Waals surface area contributed by atoms with Gasteiger partial charge in [-0.05, 0) is 24.3 Å². The average molecular weight is 425 g/mol. The number of nitro groups is 1. The van der Waals surface area contributed by atoms with Crippen LogP contribution in [0.25, 0.3) is 0 Å². The Morgan fingerprint density at radius 1 is 1.21 bits per heavy atom. The number of hydrogen-bond acceptors (Lipinski definition) is 5. The van der Waals surface area contributed by atoms with Crippen molar-refractivity contribution in [1.29, 1.82) is 0 Å². The molecule has 0 spiro atoms. The standard InChI is InChI=1S/C17H14Cl2N4O5/c18-8-5-11(19)15-12(6-8)21-14(16(24)25)7-13(15)22-17(26)20-9-1-3-10(4-2-9)23(27)28/h1-6,13-14,21H,7H2,(H,24,25)(H2,20,22,26)/t13-,14+/m1/s1. The number of nitrogens with zero attached hydrogens (tertiary/aromatic N) is 1. The molecule has 2 atom stereocenters. The predicted molar refractivity (Wildman–Crippen MR) is 104 cm³/mol. The van der Waals surface area contributed by atoms with Crippen LogP contribution in [0.3, 0.4) is 0 Å². The van der Waals surface area contributed by atoms with Gasteiger partial charge in [0.05, 0.1) is 11.0 Å². The first-order chi connectivity index (χ1) is 13.2. The number of fused-ring (bicyclic) bond motifs is 1. The number of carbonyl (C=O) groups excluding carboxylic acids is 1. The molecule has 0 aliphatic carbocycles. The summed E-state index contributed by atoms with van der Waals surface area (Å²) >= 11 is 12.2. The van der Waals surface area contributed by atoms with Gasteiger partial charge in [-0.3, -0.25) is 10.1 Å². The lowest BCUT2D eigenvalue weighted by Crippen LogP contribution is -2.42. The highest BCUT2D eigenvalue weighted by Crippen LogP contribution is 2.39. The minimum absolute atomic E-state index is 0.0668. The highest BCUT2D eigenvalue weighted by molar-refractivity contribution is 6.35. The minimum atomic E-state index is -1.08. The number of carboxylic acids is 1. The van der Waals surface area contributed by atoms with Crippen LogP contribution in [0.5, 0.6) is 0 Å². The van der Waals surface area contributed by atoms with Crippen molar-refractivity contribution in [2.45, 2.75) is 18.5 Å². The van der Waals surface area contributed by atoms with Crippen molar-refractivity contribution in [1.82, 2.24) is 5.32 Å². The molecule has 1 aliphatic heterocycles. The summed E-state index contributed by atoms with van der Waals surface area (Å²) in [5, 5.41) is 28.7. The third kappa shape index (κ3) is 4.26. The van der Waals surface area contributed by atoms with E-state index in [4.69, 9.17) is 23.2 Å². The van der Waals surface area contributed by atoms with Gasteiger partial charge in [0.1, 0.15) is 6.04 Å². The quantitative estimate of drug-likeness (QED) is 0.432. The summed E-state index contributed by atoms with van der Waals surface area (Å²) in [6.07, 6.45) is 0.0668. The number of non-ortho nitro benzene ring substituents is 1. The molecule has 0 unspecified atom stereocenters. The zero-order valence-corrected chi connectivity index (χ0v) is 15.6. The molecule has 2 aromatic rings. The highest BCUT2D eigenvalue weighted by Gasteiger charge is 2.33. The van der Waals surface area contributed by atoms with Gasteiger partial charge in [-0.15, -0.1) is 0 Å². The van der Waals surface area contributed by atoms with E-state index in [1.165, 1.54) is 30.3 Å². The average Bonchev–Trinajstić information content (AvgIpc) is 2.61. The van der Waals surface area contributed by atoms with Crippen molar-refractivity contribution in [2.75, 3.05) is 10.6 Å². The molecule has 0 saturated heterocycles. The van der Waals surface area contributed by atoms with Gasteiger partial charge in [-0.25, -0.2) is 9.59 Å². The molecule has 2 aromatic carbocycles. The minimum Gasteiger partial charge on any atom is -0.480 e. The fourth-order valence-electron chi connectivity index (χ4n) is 2.94. The largest absolute Gasteiger partial charge is 0.480 e. The molecule has 0 radical (unpaired) electrons. The number of nitro benzene ring substituents is 1. The van der Waals surface area contributed by atoms with E-state index in [1.807, 2.05) is 0 Å². The van der Waals surface area contributed by atoms with Crippen LogP contribution in [0, 0.1) is 10.1 Å². The summed E-state index contributed by atoms with van der Waals surface area (Å²) in [5.74, 6) is -1.08. The van der Waals surface area contributed by atoms with Crippen molar-refractivity contribution in [3.05, 3.63) is 62.1 Å². The zero-order chi connectivity index (χ0) is 20.4. The Labute approximate surface area is 168 Å². The third-order valence-corrected chi connectivity index (χ3v) is 4.71. The van der Waals surface area contributed by atoms with E-state index in [0.717, 1.165) is 0 Å². The number of amides is 2. The number of rotatable bonds is 4. The van der Waals surface area contributed by atoms with E-state index in [1.54, 1.807) is 6.07 Å². The maximum Gasteiger partial charge on any atom is 0.326 e. The van der Waals surface area contributed by atoms with Crippen molar-refractivity contribution in [3.8, 4) is 0 Å². The SMILES string of the molecule is O=C(Nc1ccc([N+](=O)[O-])cc1)N[C@@H]1C[C@@H](C(=O)O)Nc2cc(Cl)cc(Cl)c21. The van der Waals surface area contributed by atoms with Crippen LogP contribution in [-0.2, 0) is 4.79 Å². The molecular weight excluding hydrogens is 411 g/mol. The van der Waals surface area contributed by atoms with Crippen LogP contribution in [0.4, 0.5) is 21.9 Å². The molecule has 0 saturated carbocycles. The maximum absolute atomic E-state index is 12.4. The second kappa shape index (κ2) is 7.91. The molecule has 1 aliphatic rings. The molecule has 1 heterocycles. The Morgan fingerprint density at radius 3 is 2.50 bits per heavy atom. The van der Waals surface area contributed by atoms with E-state index >= 15 is 0 Å². The van der Waals surface area contributed by atoms with Gasteiger partial charge < -0.3 is 21.1 Å². The maximum atomic E-state index is 12.4. The van der Waals surface area contributed by atoms with Crippen molar-refractivity contribution >= 4 is 52.3 Å².